The molecule has 1 amide bonds. The summed E-state index contributed by atoms with van der Waals surface area (Å²) in [6, 6.07) is 0. The number of nitrogens with one attached hydrogen (secondary N) is 1. The lowest BCUT2D eigenvalue weighted by atomic mass is 9.92. The number of nitrogens with zero attached hydrogens (tertiary/aromatic N) is 2. The zero-order chi connectivity index (χ0) is 14.5. The number of rotatable bonds is 3. The molecule has 3 saturated heterocycles. The number of halogens is 1. The van der Waals surface area contributed by atoms with Crippen molar-refractivity contribution < 1.29 is 4.79 Å². The monoisotopic (exact) mass is 329 g/mol. The van der Waals surface area contributed by atoms with Gasteiger partial charge in [-0.2, -0.15) is 0 Å². The van der Waals surface area contributed by atoms with Crippen LogP contribution in [0.15, 0.2) is 0 Å². The lowest BCUT2D eigenvalue weighted by Gasteiger charge is -2.37. The molecule has 3 rings (SSSR count). The van der Waals surface area contributed by atoms with E-state index in [9.17, 15) is 4.79 Å². The fourth-order valence-electron chi connectivity index (χ4n) is 4.16. The third kappa shape index (κ3) is 4.84. The first-order chi connectivity index (χ1) is 10.3. The topological polar surface area (TPSA) is 35.6 Å². The van der Waals surface area contributed by atoms with E-state index in [2.05, 4.69) is 15.1 Å². The van der Waals surface area contributed by atoms with Crippen LogP contribution in [0.4, 0.5) is 0 Å². The maximum absolute atomic E-state index is 12.5. The molecule has 0 bridgehead atoms. The van der Waals surface area contributed by atoms with Gasteiger partial charge in [-0.25, -0.2) is 0 Å². The second-order valence-corrected chi connectivity index (χ2v) is 7.15. The van der Waals surface area contributed by atoms with Crippen molar-refractivity contribution in [3.05, 3.63) is 0 Å². The van der Waals surface area contributed by atoms with Crippen LogP contribution in [0.3, 0.4) is 0 Å². The summed E-state index contributed by atoms with van der Waals surface area (Å²) in [6.07, 6.45) is 8.54. The molecule has 5 heteroatoms. The molecule has 3 fully saturated rings. The molecule has 4 nitrogen and oxygen atoms in total. The van der Waals surface area contributed by atoms with E-state index in [-0.39, 0.29) is 12.4 Å². The minimum atomic E-state index is 0. The fourth-order valence-corrected chi connectivity index (χ4v) is 4.16. The molecule has 22 heavy (non-hydrogen) atoms. The highest BCUT2D eigenvalue weighted by Gasteiger charge is 2.29. The Labute approximate surface area is 141 Å². The van der Waals surface area contributed by atoms with Gasteiger partial charge in [-0.15, -0.1) is 12.4 Å². The summed E-state index contributed by atoms with van der Waals surface area (Å²) >= 11 is 0. The summed E-state index contributed by atoms with van der Waals surface area (Å²) in [7, 11) is 0. The highest BCUT2D eigenvalue weighted by atomic mass is 35.5. The molecule has 0 aromatic heterocycles. The first-order valence-electron chi connectivity index (χ1n) is 9.05. The highest BCUT2D eigenvalue weighted by molar-refractivity contribution is 5.85. The lowest BCUT2D eigenvalue weighted by Crippen LogP contribution is -2.45. The van der Waals surface area contributed by atoms with Gasteiger partial charge in [0.05, 0.1) is 0 Å². The van der Waals surface area contributed by atoms with Gasteiger partial charge in [0.15, 0.2) is 0 Å². The van der Waals surface area contributed by atoms with E-state index in [1.54, 1.807) is 0 Å². The van der Waals surface area contributed by atoms with Crippen LogP contribution in [0.25, 0.3) is 0 Å². The Kier molecular flexibility index (Phi) is 7.45. The average molecular weight is 330 g/mol. The number of amides is 1. The second-order valence-electron chi connectivity index (χ2n) is 7.15. The van der Waals surface area contributed by atoms with E-state index in [0.29, 0.717) is 11.8 Å². The largest absolute Gasteiger partial charge is 0.342 e. The maximum atomic E-state index is 12.5. The summed E-state index contributed by atoms with van der Waals surface area (Å²) in [5.74, 6) is 1.64. The summed E-state index contributed by atoms with van der Waals surface area (Å²) in [4.78, 5) is 17.3. The predicted octanol–water partition coefficient (Wildman–Crippen LogP) is 2.13. The van der Waals surface area contributed by atoms with Gasteiger partial charge in [0.2, 0.25) is 5.91 Å². The van der Waals surface area contributed by atoms with E-state index in [4.69, 9.17) is 0 Å². The fraction of sp³-hybridized carbons (Fsp3) is 0.941. The van der Waals surface area contributed by atoms with Crippen molar-refractivity contribution in [2.75, 3.05) is 45.8 Å². The summed E-state index contributed by atoms with van der Waals surface area (Å²) in [6.45, 7) is 7.92. The van der Waals surface area contributed by atoms with Crippen LogP contribution in [0, 0.1) is 11.8 Å². The molecule has 0 spiro atoms. The van der Waals surface area contributed by atoms with Crippen LogP contribution in [0.5, 0.6) is 0 Å². The van der Waals surface area contributed by atoms with Crippen LogP contribution < -0.4 is 5.32 Å². The van der Waals surface area contributed by atoms with E-state index >= 15 is 0 Å². The lowest BCUT2D eigenvalue weighted by molar-refractivity contribution is -0.138. The van der Waals surface area contributed by atoms with Crippen molar-refractivity contribution in [1.29, 1.82) is 0 Å². The zero-order valence-corrected chi connectivity index (χ0v) is 14.6. The molecule has 0 aromatic rings. The smallest absolute Gasteiger partial charge is 0.225 e. The Bertz CT molecular complexity index is 333. The zero-order valence-electron chi connectivity index (χ0n) is 13.8. The van der Waals surface area contributed by atoms with Gasteiger partial charge in [0.1, 0.15) is 0 Å². The summed E-state index contributed by atoms with van der Waals surface area (Å²) in [5.41, 5.74) is 0. The first kappa shape index (κ1) is 18.0. The molecule has 3 aliphatic rings. The Balaban J connectivity index is 0.00000176. The predicted molar refractivity (Wildman–Crippen MR) is 92.4 cm³/mol. The van der Waals surface area contributed by atoms with Crippen molar-refractivity contribution >= 4 is 18.3 Å². The number of carbonyl (C=O) groups is 1. The van der Waals surface area contributed by atoms with Gasteiger partial charge < -0.3 is 15.1 Å². The van der Waals surface area contributed by atoms with Crippen molar-refractivity contribution in [3.63, 3.8) is 0 Å². The normalized spacial score (nSPS) is 25.7. The average Bonchev–Trinajstić information content (AvgIpc) is 2.57. The summed E-state index contributed by atoms with van der Waals surface area (Å²) < 4.78 is 0. The molecule has 0 aliphatic carbocycles. The van der Waals surface area contributed by atoms with E-state index in [0.717, 1.165) is 44.9 Å². The third-order valence-electron chi connectivity index (χ3n) is 5.58. The van der Waals surface area contributed by atoms with Gasteiger partial charge in [-0.1, -0.05) is 0 Å². The van der Waals surface area contributed by atoms with Crippen LogP contribution in [0.1, 0.15) is 44.9 Å². The van der Waals surface area contributed by atoms with Crippen molar-refractivity contribution in [2.24, 2.45) is 11.8 Å². The maximum Gasteiger partial charge on any atom is 0.225 e. The Morgan fingerprint density at radius 1 is 0.909 bits per heavy atom. The van der Waals surface area contributed by atoms with E-state index in [1.165, 1.54) is 51.7 Å². The van der Waals surface area contributed by atoms with Crippen LogP contribution in [-0.4, -0.2) is 61.5 Å². The SMILES string of the molecule is Cl.O=C(C1CCN(CC2CCNCC2)CC1)N1CCCCC1. The molecule has 0 radical (unpaired) electrons. The van der Waals surface area contributed by atoms with Crippen LogP contribution in [-0.2, 0) is 4.79 Å². The van der Waals surface area contributed by atoms with Crippen molar-refractivity contribution in [3.8, 4) is 0 Å². The minimum Gasteiger partial charge on any atom is -0.342 e. The molecule has 0 aromatic carbocycles. The first-order valence-corrected chi connectivity index (χ1v) is 9.05. The number of hydrogen-bond donors (Lipinski definition) is 1. The molecular weight excluding hydrogens is 298 g/mol. The van der Waals surface area contributed by atoms with Crippen molar-refractivity contribution in [1.82, 2.24) is 15.1 Å². The molecule has 0 unspecified atom stereocenters. The highest BCUT2D eigenvalue weighted by Crippen LogP contribution is 2.23. The van der Waals surface area contributed by atoms with E-state index in [1.807, 2.05) is 0 Å². The molecule has 1 N–H and O–H groups in total. The molecule has 3 aliphatic heterocycles. The third-order valence-corrected chi connectivity index (χ3v) is 5.58. The van der Waals surface area contributed by atoms with Gasteiger partial charge in [0.25, 0.3) is 0 Å². The quantitative estimate of drug-likeness (QED) is 0.861. The summed E-state index contributed by atoms with van der Waals surface area (Å²) in [5, 5.41) is 3.44. The molecule has 0 saturated carbocycles. The number of hydrogen-bond acceptors (Lipinski definition) is 3. The molecule has 0 atom stereocenters. The van der Waals surface area contributed by atoms with E-state index < -0.39 is 0 Å². The second kappa shape index (κ2) is 9.09. The van der Waals surface area contributed by atoms with Gasteiger partial charge >= 0.3 is 0 Å². The van der Waals surface area contributed by atoms with Gasteiger partial charge in [-0.05, 0) is 77.0 Å². The van der Waals surface area contributed by atoms with Crippen LogP contribution >= 0.6 is 12.4 Å². The number of carbonyl (C=O) groups excluding carboxylic acids is 1. The van der Waals surface area contributed by atoms with Gasteiger partial charge in [0, 0.05) is 25.6 Å². The molecule has 128 valence electrons. The Hall–Kier alpha value is -0.320. The standard InChI is InChI=1S/C17H31N3O.ClH/c21-17(20-10-2-1-3-11-20)16-6-12-19(13-7-16)14-15-4-8-18-9-5-15;/h15-16,18H,1-14H2;1H. The Morgan fingerprint density at radius 3 is 2.18 bits per heavy atom. The van der Waals surface area contributed by atoms with Crippen LogP contribution in [0.2, 0.25) is 0 Å². The van der Waals surface area contributed by atoms with Gasteiger partial charge in [-0.3, -0.25) is 4.79 Å². The number of piperidine rings is 3. The minimum absolute atomic E-state index is 0. The number of likely N-dealkylation sites (tertiary alicyclic amines) is 2. The molecular formula is C17H32ClN3O. The molecule has 3 heterocycles. The van der Waals surface area contributed by atoms with Crippen molar-refractivity contribution in [2.45, 2.75) is 44.9 Å². The Morgan fingerprint density at radius 2 is 1.55 bits per heavy atom.